The molecule has 60 heavy (non-hydrogen) atoms. The van der Waals surface area contributed by atoms with Crippen LogP contribution in [0.4, 0.5) is 5.69 Å². The number of rotatable bonds is 33. The van der Waals surface area contributed by atoms with Gasteiger partial charge in [-0.15, -0.1) is 0 Å². The second-order valence-corrected chi connectivity index (χ2v) is 16.2. The highest BCUT2D eigenvalue weighted by Gasteiger charge is 2.46. The molecule has 0 aliphatic heterocycles. The largest absolute Gasteiger partial charge is 0.872 e. The minimum absolute atomic E-state index is 0.0224. The zero-order chi connectivity index (χ0) is 43.5. The fraction of sp³-hybridized carbons (Fsp3) is 0.600. The van der Waals surface area contributed by atoms with Crippen molar-refractivity contribution in [2.24, 2.45) is 11.8 Å². The SMILES string of the molecule is C=CC(=O)OCCCCCCN(CCCCCCCC)c1ccc(C2=C(O)C(C3C=CC(=[N+](CCCCCCCC)CCCCCCOC(=O)C=C)C=C3O)C2=O)c([O-])c1. The van der Waals surface area contributed by atoms with Crippen LogP contribution in [0.1, 0.15) is 148 Å². The minimum atomic E-state index is -0.945. The van der Waals surface area contributed by atoms with Crippen LogP contribution in [-0.2, 0) is 23.9 Å². The molecule has 2 atom stereocenters. The summed E-state index contributed by atoms with van der Waals surface area (Å²) in [5, 5.41) is 36.2. The molecule has 10 nitrogen and oxygen atoms in total. The van der Waals surface area contributed by atoms with Gasteiger partial charge in [0.2, 0.25) is 5.71 Å². The van der Waals surface area contributed by atoms with Crippen LogP contribution >= 0.6 is 0 Å². The lowest BCUT2D eigenvalue weighted by Gasteiger charge is -2.35. The number of nitrogens with zero attached hydrogens (tertiary/aromatic N) is 2. The quantitative estimate of drug-likeness (QED) is 0.0307. The Balaban J connectivity index is 1.68. The Kier molecular flexibility index (Phi) is 23.9. The van der Waals surface area contributed by atoms with Crippen LogP contribution in [-0.4, -0.2) is 77.6 Å². The fourth-order valence-electron chi connectivity index (χ4n) is 7.96. The van der Waals surface area contributed by atoms with E-state index in [4.69, 9.17) is 9.47 Å². The van der Waals surface area contributed by atoms with Crippen molar-refractivity contribution >= 4 is 34.7 Å². The highest BCUT2D eigenvalue weighted by Crippen LogP contribution is 2.46. The number of ether oxygens (including phenoxy) is 2. The third-order valence-corrected chi connectivity index (χ3v) is 11.5. The number of anilines is 1. The van der Waals surface area contributed by atoms with Gasteiger partial charge in [0, 0.05) is 55.9 Å². The summed E-state index contributed by atoms with van der Waals surface area (Å²) in [5.41, 5.74) is 1.91. The average Bonchev–Trinajstić information content (AvgIpc) is 3.24. The first-order valence-electron chi connectivity index (χ1n) is 23.0. The van der Waals surface area contributed by atoms with Crippen molar-refractivity contribution in [1.29, 1.82) is 0 Å². The Morgan fingerprint density at radius 2 is 1.25 bits per heavy atom. The van der Waals surface area contributed by atoms with E-state index in [2.05, 4.69) is 36.5 Å². The molecule has 0 fully saturated rings. The van der Waals surface area contributed by atoms with Gasteiger partial charge in [0.25, 0.3) is 0 Å². The summed E-state index contributed by atoms with van der Waals surface area (Å²) in [6.45, 7) is 15.3. The number of hydrogen-bond acceptors (Lipinski definition) is 9. The van der Waals surface area contributed by atoms with Crippen LogP contribution in [0.2, 0.25) is 0 Å². The standard InChI is InChI=1S/C50H74N2O8/c1-5-9-11-13-15-21-31-51(33-23-17-19-25-35-59-45(55)7-3)39-27-29-41(43(53)37-39)47-49(57)48(50(47)58)42-30-28-40(38-44(42)54)52(32-22-16-14-12-10-6-2)34-24-18-20-26-36-60-46(56)8-4/h7-8,27-30,37-38,41,47H,3-6,9-26,31-36H2,1-2H3,(H2,54,57,58). The predicted octanol–water partition coefficient (Wildman–Crippen LogP) is 10.4. The van der Waals surface area contributed by atoms with E-state index in [1.807, 2.05) is 12.1 Å². The number of aliphatic hydroxyl groups is 2. The number of carbonyl (C=O) groups excluding carboxylic acids is 3. The number of Topliss-reactive ketones (excluding diaryl/α,β-unsaturated/α-hetero) is 1. The Hall–Kier alpha value is -4.60. The van der Waals surface area contributed by atoms with Gasteiger partial charge >= 0.3 is 11.9 Å². The highest BCUT2D eigenvalue weighted by molar-refractivity contribution is 6.30. The summed E-state index contributed by atoms with van der Waals surface area (Å²) in [6, 6.07) is 5.11. The molecule has 0 aromatic heterocycles. The Morgan fingerprint density at radius 1 is 0.750 bits per heavy atom. The van der Waals surface area contributed by atoms with E-state index in [0.717, 1.165) is 115 Å². The van der Waals surface area contributed by atoms with Crippen molar-refractivity contribution in [1.82, 2.24) is 0 Å². The van der Waals surface area contributed by atoms with Crippen LogP contribution in [0.25, 0.3) is 5.57 Å². The molecule has 0 saturated heterocycles. The fourth-order valence-corrected chi connectivity index (χ4v) is 7.96. The van der Waals surface area contributed by atoms with Gasteiger partial charge in [0.15, 0.2) is 5.78 Å². The third-order valence-electron chi connectivity index (χ3n) is 11.5. The lowest BCUT2D eigenvalue weighted by Crippen LogP contribution is -2.38. The number of unbranched alkanes of at least 4 members (excludes halogenated alkanes) is 16. The predicted molar refractivity (Wildman–Crippen MR) is 240 cm³/mol. The van der Waals surface area contributed by atoms with E-state index >= 15 is 0 Å². The van der Waals surface area contributed by atoms with Gasteiger partial charge in [0.05, 0.1) is 30.6 Å². The summed E-state index contributed by atoms with van der Waals surface area (Å²) in [6.07, 6.45) is 29.1. The van der Waals surface area contributed by atoms with Gasteiger partial charge in [-0.05, 0) is 69.1 Å². The second kappa shape index (κ2) is 28.8. The molecule has 2 N–H and O–H groups in total. The molecule has 2 unspecified atom stereocenters. The molecule has 3 rings (SSSR count). The molecule has 0 radical (unpaired) electrons. The van der Waals surface area contributed by atoms with Crippen molar-refractivity contribution < 1.29 is 43.8 Å². The van der Waals surface area contributed by atoms with E-state index in [0.29, 0.717) is 13.2 Å². The lowest BCUT2D eigenvalue weighted by molar-refractivity contribution is -0.527. The van der Waals surface area contributed by atoms with Crippen LogP contribution < -0.4 is 10.0 Å². The van der Waals surface area contributed by atoms with Crippen molar-refractivity contribution in [3.63, 3.8) is 0 Å². The van der Waals surface area contributed by atoms with Crippen molar-refractivity contribution in [3.8, 4) is 5.75 Å². The first kappa shape index (κ1) is 49.8. The molecule has 2 aliphatic carbocycles. The van der Waals surface area contributed by atoms with Crippen molar-refractivity contribution in [2.75, 3.05) is 44.3 Å². The molecule has 1 aromatic rings. The highest BCUT2D eigenvalue weighted by atomic mass is 16.5. The molecule has 2 aliphatic rings. The summed E-state index contributed by atoms with van der Waals surface area (Å²) >= 11 is 0. The normalized spacial score (nSPS) is 16.9. The Labute approximate surface area is 360 Å². The van der Waals surface area contributed by atoms with Crippen LogP contribution in [0.5, 0.6) is 5.75 Å². The first-order chi connectivity index (χ1) is 29.2. The lowest BCUT2D eigenvalue weighted by atomic mass is 9.70. The number of ketones is 1. The molecule has 1 aromatic carbocycles. The molecule has 10 heteroatoms. The van der Waals surface area contributed by atoms with Gasteiger partial charge < -0.3 is 29.7 Å². The maximum atomic E-state index is 13.7. The maximum absolute atomic E-state index is 13.7. The van der Waals surface area contributed by atoms with Crippen molar-refractivity contribution in [3.05, 3.63) is 78.8 Å². The molecule has 0 amide bonds. The van der Waals surface area contributed by atoms with E-state index in [-0.39, 0.29) is 34.2 Å². The van der Waals surface area contributed by atoms with E-state index in [9.17, 15) is 29.7 Å². The molecule has 0 spiro atoms. The number of benzene rings is 1. The zero-order valence-electron chi connectivity index (χ0n) is 36.8. The number of hydrogen-bond donors (Lipinski definition) is 2. The number of aliphatic hydroxyl groups excluding tert-OH is 2. The van der Waals surface area contributed by atoms with Gasteiger partial charge in [0.1, 0.15) is 24.6 Å². The van der Waals surface area contributed by atoms with E-state index in [1.54, 1.807) is 24.3 Å². The smallest absolute Gasteiger partial charge is 0.330 e. The topological polar surface area (TPSA) is 139 Å². The molecule has 0 bridgehead atoms. The van der Waals surface area contributed by atoms with Gasteiger partial charge in [-0.1, -0.05) is 109 Å². The second-order valence-electron chi connectivity index (χ2n) is 16.2. The summed E-state index contributed by atoms with van der Waals surface area (Å²) in [5.74, 6) is -3.26. The Bertz CT molecular complexity index is 1660. The minimum Gasteiger partial charge on any atom is -0.872 e. The summed E-state index contributed by atoms with van der Waals surface area (Å²) in [4.78, 5) is 38.5. The molecular weight excluding hydrogens is 757 g/mol. The van der Waals surface area contributed by atoms with Crippen LogP contribution in [0.3, 0.4) is 0 Å². The Morgan fingerprint density at radius 3 is 1.73 bits per heavy atom. The summed E-state index contributed by atoms with van der Waals surface area (Å²) < 4.78 is 12.5. The van der Waals surface area contributed by atoms with Gasteiger partial charge in [-0.3, -0.25) is 4.79 Å². The monoisotopic (exact) mass is 831 g/mol. The number of allylic oxidation sites excluding steroid dienone is 5. The molecule has 0 saturated carbocycles. The van der Waals surface area contributed by atoms with Gasteiger partial charge in [-0.25, -0.2) is 14.2 Å². The van der Waals surface area contributed by atoms with Gasteiger partial charge in [-0.2, -0.15) is 0 Å². The van der Waals surface area contributed by atoms with E-state index < -0.39 is 23.8 Å². The average molecular weight is 831 g/mol. The molecule has 0 heterocycles. The molecule has 332 valence electrons. The van der Waals surface area contributed by atoms with E-state index in [1.165, 1.54) is 63.5 Å². The zero-order valence-corrected chi connectivity index (χ0v) is 36.8. The van der Waals surface area contributed by atoms with Crippen LogP contribution in [0, 0.1) is 11.8 Å². The number of carbonyl (C=O) groups is 3. The number of esters is 2. The maximum Gasteiger partial charge on any atom is 0.330 e. The summed E-state index contributed by atoms with van der Waals surface area (Å²) in [7, 11) is 0. The third kappa shape index (κ3) is 16.8. The van der Waals surface area contributed by atoms with Crippen LogP contribution in [0.15, 0.2) is 73.3 Å². The molecular formula is C50H74N2O8. The first-order valence-corrected chi connectivity index (χ1v) is 23.0. The van der Waals surface area contributed by atoms with Crippen molar-refractivity contribution in [2.45, 2.75) is 142 Å².